The molecule has 134 valence electrons. The molecule has 1 aliphatic rings. The molecule has 0 radical (unpaired) electrons. The second-order valence-corrected chi connectivity index (χ2v) is 7.55. The highest BCUT2D eigenvalue weighted by Crippen LogP contribution is 2.27. The van der Waals surface area contributed by atoms with Crippen LogP contribution < -0.4 is 10.2 Å². The summed E-state index contributed by atoms with van der Waals surface area (Å²) in [4.78, 5) is 18.6. The van der Waals surface area contributed by atoms with Gasteiger partial charge >= 0.3 is 0 Å². The lowest BCUT2D eigenvalue weighted by molar-refractivity contribution is 0.0735. The van der Waals surface area contributed by atoms with Crippen molar-refractivity contribution in [2.24, 2.45) is 11.8 Å². The minimum absolute atomic E-state index is 0.0983. The molecule has 0 saturated carbocycles. The largest absolute Gasteiger partial charge is 0.393 e. The topological polar surface area (TPSA) is 65.5 Å². The Hall–Kier alpha value is -1.62. The third-order valence-corrected chi connectivity index (χ3v) is 4.56. The van der Waals surface area contributed by atoms with Gasteiger partial charge in [0.15, 0.2) is 0 Å². The molecule has 1 fully saturated rings. The fraction of sp³-hybridized carbons (Fsp3) is 0.684. The van der Waals surface area contributed by atoms with E-state index in [0.717, 1.165) is 38.0 Å². The Balaban J connectivity index is 1.95. The Kier molecular flexibility index (Phi) is 6.60. The number of rotatable bonds is 6. The third kappa shape index (κ3) is 5.20. The average Bonchev–Trinajstić information content (AvgIpc) is 2.54. The van der Waals surface area contributed by atoms with Crippen LogP contribution in [0, 0.1) is 11.8 Å². The summed E-state index contributed by atoms with van der Waals surface area (Å²) in [5.74, 6) is 0.781. The lowest BCUT2D eigenvalue weighted by Gasteiger charge is -2.36. The van der Waals surface area contributed by atoms with Crippen LogP contribution in [0.2, 0.25) is 0 Å². The zero-order valence-corrected chi connectivity index (χ0v) is 15.3. The van der Waals surface area contributed by atoms with Gasteiger partial charge in [0, 0.05) is 31.0 Å². The molecular formula is C19H31N3O2. The van der Waals surface area contributed by atoms with Gasteiger partial charge in [-0.3, -0.25) is 9.78 Å². The second-order valence-electron chi connectivity index (χ2n) is 7.55. The number of hydrogen-bond acceptors (Lipinski definition) is 4. The Morgan fingerprint density at radius 2 is 2.00 bits per heavy atom. The molecule has 5 nitrogen and oxygen atoms in total. The number of hydrogen-bond donors (Lipinski definition) is 2. The van der Waals surface area contributed by atoms with Crippen molar-refractivity contribution >= 4 is 11.6 Å². The van der Waals surface area contributed by atoms with Gasteiger partial charge in [0.05, 0.1) is 6.10 Å². The molecule has 1 aromatic heterocycles. The summed E-state index contributed by atoms with van der Waals surface area (Å²) in [5.41, 5.74) is 1.50. The van der Waals surface area contributed by atoms with Crippen molar-refractivity contribution in [3.8, 4) is 0 Å². The number of carbonyl (C=O) groups is 1. The second kappa shape index (κ2) is 8.47. The van der Waals surface area contributed by atoms with Gasteiger partial charge in [-0.25, -0.2) is 0 Å². The zero-order valence-electron chi connectivity index (χ0n) is 15.3. The van der Waals surface area contributed by atoms with Gasteiger partial charge in [-0.15, -0.1) is 0 Å². The molecule has 1 amide bonds. The van der Waals surface area contributed by atoms with Crippen LogP contribution >= 0.6 is 0 Å². The van der Waals surface area contributed by atoms with Crippen molar-refractivity contribution in [2.75, 3.05) is 18.0 Å². The number of nitrogens with one attached hydrogen (secondary N) is 1. The Labute approximate surface area is 145 Å². The van der Waals surface area contributed by atoms with E-state index in [-0.39, 0.29) is 18.1 Å². The Bertz CT molecular complexity index is 537. The van der Waals surface area contributed by atoms with Crippen LogP contribution in [0.25, 0.3) is 0 Å². The molecular weight excluding hydrogens is 302 g/mol. The van der Waals surface area contributed by atoms with E-state index < -0.39 is 0 Å². The highest BCUT2D eigenvalue weighted by Gasteiger charge is 2.26. The molecule has 0 aliphatic carbocycles. The van der Waals surface area contributed by atoms with Crippen molar-refractivity contribution in [2.45, 2.75) is 59.1 Å². The highest BCUT2D eigenvalue weighted by atomic mass is 16.3. The van der Waals surface area contributed by atoms with Crippen molar-refractivity contribution in [1.29, 1.82) is 0 Å². The first kappa shape index (κ1) is 18.7. The molecule has 0 aromatic carbocycles. The lowest BCUT2D eigenvalue weighted by atomic mass is 9.87. The number of aliphatic hydroxyl groups is 1. The average molecular weight is 333 g/mol. The normalized spacial score (nSPS) is 17.4. The van der Waals surface area contributed by atoms with Gasteiger partial charge in [-0.2, -0.15) is 0 Å². The minimum Gasteiger partial charge on any atom is -0.393 e. The molecule has 0 unspecified atom stereocenters. The molecule has 1 aliphatic heterocycles. The SMILES string of the molecule is CC(C)C[C@@H](O)C1CCN(c2ccnc(C(=O)NC(C)C)c2)CC1. The maximum atomic E-state index is 12.1. The number of pyridine rings is 1. The summed E-state index contributed by atoms with van der Waals surface area (Å²) in [7, 11) is 0. The summed E-state index contributed by atoms with van der Waals surface area (Å²) in [6.07, 6.45) is 4.36. The van der Waals surface area contributed by atoms with Gasteiger partial charge in [0.25, 0.3) is 5.91 Å². The first-order chi connectivity index (χ1) is 11.4. The van der Waals surface area contributed by atoms with E-state index in [1.807, 2.05) is 26.0 Å². The fourth-order valence-corrected chi connectivity index (χ4v) is 3.29. The molecule has 0 spiro atoms. The molecule has 1 saturated heterocycles. The van der Waals surface area contributed by atoms with E-state index in [1.54, 1.807) is 6.20 Å². The van der Waals surface area contributed by atoms with Gasteiger partial charge < -0.3 is 15.3 Å². The summed E-state index contributed by atoms with van der Waals surface area (Å²) < 4.78 is 0. The monoisotopic (exact) mass is 333 g/mol. The number of aliphatic hydroxyl groups excluding tert-OH is 1. The molecule has 5 heteroatoms. The van der Waals surface area contributed by atoms with Crippen molar-refractivity contribution in [3.63, 3.8) is 0 Å². The van der Waals surface area contributed by atoms with Crippen LogP contribution in [0.5, 0.6) is 0 Å². The predicted octanol–water partition coefficient (Wildman–Crippen LogP) is 2.84. The number of anilines is 1. The van der Waals surface area contributed by atoms with Crippen LogP contribution in [0.4, 0.5) is 5.69 Å². The van der Waals surface area contributed by atoms with E-state index in [9.17, 15) is 9.90 Å². The van der Waals surface area contributed by atoms with Gasteiger partial charge in [0.2, 0.25) is 0 Å². The minimum atomic E-state index is -0.197. The number of aromatic nitrogens is 1. The first-order valence-corrected chi connectivity index (χ1v) is 9.06. The van der Waals surface area contributed by atoms with E-state index in [1.165, 1.54) is 0 Å². The molecule has 1 aromatic rings. The summed E-state index contributed by atoms with van der Waals surface area (Å²) in [5, 5.41) is 13.2. The van der Waals surface area contributed by atoms with E-state index in [0.29, 0.717) is 17.5 Å². The lowest BCUT2D eigenvalue weighted by Crippen LogP contribution is -2.38. The fourth-order valence-electron chi connectivity index (χ4n) is 3.29. The summed E-state index contributed by atoms with van der Waals surface area (Å²) >= 11 is 0. The maximum Gasteiger partial charge on any atom is 0.270 e. The highest BCUT2D eigenvalue weighted by molar-refractivity contribution is 5.93. The smallest absolute Gasteiger partial charge is 0.270 e. The van der Waals surface area contributed by atoms with Crippen molar-refractivity contribution in [3.05, 3.63) is 24.0 Å². The Morgan fingerprint density at radius 3 is 2.58 bits per heavy atom. The summed E-state index contributed by atoms with van der Waals surface area (Å²) in [6.45, 7) is 10.0. The molecule has 2 heterocycles. The number of nitrogens with zero attached hydrogens (tertiary/aromatic N) is 2. The van der Waals surface area contributed by atoms with Crippen LogP contribution in [-0.4, -0.2) is 41.2 Å². The van der Waals surface area contributed by atoms with E-state index in [2.05, 4.69) is 29.0 Å². The third-order valence-electron chi connectivity index (χ3n) is 4.56. The van der Waals surface area contributed by atoms with Crippen molar-refractivity contribution < 1.29 is 9.90 Å². The number of carbonyl (C=O) groups excluding carboxylic acids is 1. The van der Waals surface area contributed by atoms with Crippen LogP contribution in [0.1, 0.15) is 57.4 Å². The molecule has 2 N–H and O–H groups in total. The van der Waals surface area contributed by atoms with Crippen LogP contribution in [0.15, 0.2) is 18.3 Å². The van der Waals surface area contributed by atoms with Gasteiger partial charge in [0.1, 0.15) is 5.69 Å². The maximum absolute atomic E-state index is 12.1. The molecule has 24 heavy (non-hydrogen) atoms. The Morgan fingerprint density at radius 1 is 1.33 bits per heavy atom. The first-order valence-electron chi connectivity index (χ1n) is 9.06. The van der Waals surface area contributed by atoms with Crippen LogP contribution in [-0.2, 0) is 0 Å². The van der Waals surface area contributed by atoms with E-state index >= 15 is 0 Å². The number of piperidine rings is 1. The number of amides is 1. The molecule has 0 bridgehead atoms. The van der Waals surface area contributed by atoms with Crippen LogP contribution in [0.3, 0.4) is 0 Å². The van der Waals surface area contributed by atoms with E-state index in [4.69, 9.17) is 0 Å². The predicted molar refractivity (Wildman–Crippen MR) is 97.2 cm³/mol. The zero-order chi connectivity index (χ0) is 17.7. The summed E-state index contributed by atoms with van der Waals surface area (Å²) in [6, 6.07) is 3.92. The van der Waals surface area contributed by atoms with Gasteiger partial charge in [-0.05, 0) is 57.1 Å². The molecule has 1 atom stereocenters. The molecule has 2 rings (SSSR count). The quantitative estimate of drug-likeness (QED) is 0.840. The van der Waals surface area contributed by atoms with Gasteiger partial charge in [-0.1, -0.05) is 13.8 Å². The van der Waals surface area contributed by atoms with Crippen molar-refractivity contribution in [1.82, 2.24) is 10.3 Å². The standard InChI is InChI=1S/C19H31N3O2/c1-13(2)11-18(23)15-6-9-22(10-7-15)16-5-8-20-17(12-16)19(24)21-14(3)4/h5,8,12-15,18,23H,6-7,9-11H2,1-4H3,(H,21,24)/t18-/m1/s1.